The van der Waals surface area contributed by atoms with E-state index < -0.39 is 0 Å². The molecule has 0 aliphatic carbocycles. The third-order valence-corrected chi connectivity index (χ3v) is 3.20. The van der Waals surface area contributed by atoms with Crippen LogP contribution in [0.5, 0.6) is 5.75 Å². The quantitative estimate of drug-likeness (QED) is 0.801. The molecule has 0 aliphatic rings. The van der Waals surface area contributed by atoms with Gasteiger partial charge in [-0.1, -0.05) is 6.07 Å². The molecule has 0 saturated heterocycles. The van der Waals surface area contributed by atoms with Gasteiger partial charge < -0.3 is 9.64 Å². The molecule has 0 spiro atoms. The van der Waals surface area contributed by atoms with Crippen molar-refractivity contribution in [3.8, 4) is 5.75 Å². The van der Waals surface area contributed by atoms with Crippen LogP contribution < -0.4 is 4.74 Å². The fourth-order valence-electron chi connectivity index (χ4n) is 1.37. The van der Waals surface area contributed by atoms with Gasteiger partial charge in [0.2, 0.25) is 0 Å². The van der Waals surface area contributed by atoms with E-state index in [4.69, 9.17) is 4.74 Å². The molecular formula is C11H12N2O2S. The highest BCUT2D eigenvalue weighted by molar-refractivity contribution is 7.20. The standard InChI is InChI=1S/C11H12N2O2S/c1-13(2)11(14)10-12-9-7(15-3)5-4-6-8(9)16-10/h4-6H,1-3H3. The zero-order chi connectivity index (χ0) is 11.7. The zero-order valence-corrected chi connectivity index (χ0v) is 10.2. The largest absolute Gasteiger partial charge is 0.494 e. The first-order valence-electron chi connectivity index (χ1n) is 4.78. The molecule has 5 heteroatoms. The number of para-hydroxylation sites is 1. The highest BCUT2D eigenvalue weighted by Gasteiger charge is 2.15. The first-order chi connectivity index (χ1) is 7.63. The summed E-state index contributed by atoms with van der Waals surface area (Å²) in [6.45, 7) is 0. The number of rotatable bonds is 2. The molecule has 0 unspecified atom stereocenters. The van der Waals surface area contributed by atoms with E-state index in [0.29, 0.717) is 10.8 Å². The van der Waals surface area contributed by atoms with Gasteiger partial charge in [-0.05, 0) is 12.1 Å². The van der Waals surface area contributed by atoms with Crippen LogP contribution in [0, 0.1) is 0 Å². The molecular weight excluding hydrogens is 224 g/mol. The highest BCUT2D eigenvalue weighted by Crippen LogP contribution is 2.29. The number of ether oxygens (including phenoxy) is 1. The number of carbonyl (C=O) groups is 1. The maximum atomic E-state index is 11.7. The molecule has 0 radical (unpaired) electrons. The van der Waals surface area contributed by atoms with Crippen LogP contribution in [-0.2, 0) is 0 Å². The molecule has 1 aromatic carbocycles. The van der Waals surface area contributed by atoms with Crippen molar-refractivity contribution in [3.05, 3.63) is 23.2 Å². The molecule has 1 amide bonds. The van der Waals surface area contributed by atoms with Crippen molar-refractivity contribution in [2.24, 2.45) is 0 Å². The summed E-state index contributed by atoms with van der Waals surface area (Å²) in [7, 11) is 5.03. The summed E-state index contributed by atoms with van der Waals surface area (Å²) in [5.41, 5.74) is 0.750. The van der Waals surface area contributed by atoms with Crippen LogP contribution >= 0.6 is 11.3 Å². The van der Waals surface area contributed by atoms with Gasteiger partial charge in [0.25, 0.3) is 5.91 Å². The number of benzene rings is 1. The second-order valence-electron chi connectivity index (χ2n) is 3.53. The Hall–Kier alpha value is -1.62. The highest BCUT2D eigenvalue weighted by atomic mass is 32.1. The Bertz CT molecular complexity index is 534. The van der Waals surface area contributed by atoms with Gasteiger partial charge in [0.1, 0.15) is 11.3 Å². The van der Waals surface area contributed by atoms with Crippen molar-refractivity contribution in [1.29, 1.82) is 0 Å². The van der Waals surface area contributed by atoms with Gasteiger partial charge in [0, 0.05) is 14.1 Å². The van der Waals surface area contributed by atoms with Crippen LogP contribution in [-0.4, -0.2) is 37.0 Å². The van der Waals surface area contributed by atoms with E-state index >= 15 is 0 Å². The summed E-state index contributed by atoms with van der Waals surface area (Å²) in [6.07, 6.45) is 0. The molecule has 0 aliphatic heterocycles. The average molecular weight is 236 g/mol. The molecule has 0 atom stereocenters. The zero-order valence-electron chi connectivity index (χ0n) is 9.35. The van der Waals surface area contributed by atoms with E-state index in [-0.39, 0.29) is 5.91 Å². The van der Waals surface area contributed by atoms with Crippen molar-refractivity contribution in [1.82, 2.24) is 9.88 Å². The normalized spacial score (nSPS) is 10.4. The average Bonchev–Trinajstić information content (AvgIpc) is 2.70. The Kier molecular flexibility index (Phi) is 2.78. The third-order valence-electron chi connectivity index (χ3n) is 2.19. The van der Waals surface area contributed by atoms with Crippen LogP contribution in [0.15, 0.2) is 18.2 Å². The molecule has 16 heavy (non-hydrogen) atoms. The van der Waals surface area contributed by atoms with Gasteiger partial charge in [-0.3, -0.25) is 4.79 Å². The van der Waals surface area contributed by atoms with Crippen molar-refractivity contribution in [2.45, 2.75) is 0 Å². The molecule has 0 N–H and O–H groups in total. The smallest absolute Gasteiger partial charge is 0.282 e. The first-order valence-corrected chi connectivity index (χ1v) is 5.60. The van der Waals surface area contributed by atoms with E-state index in [1.165, 1.54) is 16.2 Å². The summed E-state index contributed by atoms with van der Waals surface area (Å²) < 4.78 is 6.16. The first kappa shape index (κ1) is 10.9. The summed E-state index contributed by atoms with van der Waals surface area (Å²) in [6, 6.07) is 5.66. The number of fused-ring (bicyclic) bond motifs is 1. The summed E-state index contributed by atoms with van der Waals surface area (Å²) >= 11 is 1.38. The predicted molar refractivity (Wildman–Crippen MR) is 64.2 cm³/mol. The number of methoxy groups -OCH3 is 1. The molecule has 0 fully saturated rings. The van der Waals surface area contributed by atoms with Crippen LogP contribution in [0.2, 0.25) is 0 Å². The van der Waals surface area contributed by atoms with E-state index in [0.717, 1.165) is 10.2 Å². The van der Waals surface area contributed by atoms with Crippen LogP contribution in [0.3, 0.4) is 0 Å². The lowest BCUT2D eigenvalue weighted by Gasteiger charge is -2.05. The van der Waals surface area contributed by atoms with E-state index in [1.807, 2.05) is 18.2 Å². The maximum Gasteiger partial charge on any atom is 0.282 e. The van der Waals surface area contributed by atoms with E-state index in [9.17, 15) is 4.79 Å². The van der Waals surface area contributed by atoms with Crippen molar-refractivity contribution in [3.63, 3.8) is 0 Å². The molecule has 1 aromatic heterocycles. The Labute approximate surface area is 97.5 Å². The Balaban J connectivity index is 2.56. The fourth-order valence-corrected chi connectivity index (χ4v) is 2.38. The lowest BCUT2D eigenvalue weighted by Crippen LogP contribution is -2.21. The Morgan fingerprint density at radius 2 is 2.19 bits per heavy atom. The van der Waals surface area contributed by atoms with Crippen LogP contribution in [0.1, 0.15) is 9.80 Å². The molecule has 1 heterocycles. The lowest BCUT2D eigenvalue weighted by atomic mass is 10.3. The van der Waals surface area contributed by atoms with Crippen molar-refractivity contribution < 1.29 is 9.53 Å². The number of hydrogen-bond acceptors (Lipinski definition) is 4. The molecule has 2 aromatic rings. The summed E-state index contributed by atoms with van der Waals surface area (Å²) in [5, 5.41) is 0.490. The molecule has 0 bridgehead atoms. The van der Waals surface area contributed by atoms with Gasteiger partial charge in [0.15, 0.2) is 5.01 Å². The summed E-state index contributed by atoms with van der Waals surface area (Å²) in [4.78, 5) is 17.6. The predicted octanol–water partition coefficient (Wildman–Crippen LogP) is 2.01. The second-order valence-corrected chi connectivity index (χ2v) is 4.56. The van der Waals surface area contributed by atoms with Crippen molar-refractivity contribution in [2.75, 3.05) is 21.2 Å². The van der Waals surface area contributed by atoms with Gasteiger partial charge >= 0.3 is 0 Å². The Morgan fingerprint density at radius 1 is 1.44 bits per heavy atom. The minimum absolute atomic E-state index is 0.0803. The molecule has 84 valence electrons. The second kappa shape index (κ2) is 4.09. The maximum absolute atomic E-state index is 11.7. The number of carbonyl (C=O) groups excluding carboxylic acids is 1. The number of hydrogen-bond donors (Lipinski definition) is 0. The van der Waals surface area contributed by atoms with Crippen LogP contribution in [0.4, 0.5) is 0 Å². The van der Waals surface area contributed by atoms with Crippen LogP contribution in [0.25, 0.3) is 10.2 Å². The topological polar surface area (TPSA) is 42.4 Å². The van der Waals surface area contributed by atoms with Gasteiger partial charge in [-0.2, -0.15) is 0 Å². The van der Waals surface area contributed by atoms with Gasteiger partial charge in [0.05, 0.1) is 11.8 Å². The Morgan fingerprint density at radius 3 is 2.81 bits per heavy atom. The summed E-state index contributed by atoms with van der Waals surface area (Å²) in [5.74, 6) is 0.620. The third kappa shape index (κ3) is 1.74. The van der Waals surface area contributed by atoms with Gasteiger partial charge in [-0.25, -0.2) is 4.98 Å². The minimum atomic E-state index is -0.0803. The monoisotopic (exact) mass is 236 g/mol. The van der Waals surface area contributed by atoms with Gasteiger partial charge in [-0.15, -0.1) is 11.3 Å². The van der Waals surface area contributed by atoms with E-state index in [2.05, 4.69) is 4.98 Å². The number of aromatic nitrogens is 1. The van der Waals surface area contributed by atoms with E-state index in [1.54, 1.807) is 21.2 Å². The lowest BCUT2D eigenvalue weighted by molar-refractivity contribution is 0.0827. The number of thiazole rings is 1. The molecule has 4 nitrogen and oxygen atoms in total. The van der Waals surface area contributed by atoms with Crippen molar-refractivity contribution >= 4 is 27.5 Å². The SMILES string of the molecule is COc1cccc2sc(C(=O)N(C)C)nc12. The molecule has 0 saturated carbocycles. The number of nitrogens with zero attached hydrogens (tertiary/aromatic N) is 2. The molecule has 2 rings (SSSR count). The fraction of sp³-hybridized carbons (Fsp3) is 0.273. The minimum Gasteiger partial charge on any atom is -0.494 e. The number of amides is 1.